The lowest BCUT2D eigenvalue weighted by Crippen LogP contribution is -2.43. The van der Waals surface area contributed by atoms with Gasteiger partial charge >= 0.3 is 6.09 Å². The zero-order chi connectivity index (χ0) is 20.1. The van der Waals surface area contributed by atoms with Crippen molar-refractivity contribution in [1.82, 2.24) is 10.2 Å². The topological polar surface area (TPSA) is 82.4 Å². The average molecular weight is 357 g/mol. The summed E-state index contributed by atoms with van der Waals surface area (Å²) in [5.41, 5.74) is 0.0324. The highest BCUT2D eigenvalue weighted by molar-refractivity contribution is 6.11. The second kappa shape index (κ2) is 8.05. The third kappa shape index (κ3) is 6.25. The standard InChI is InChI=1S/C20H27N3O3/c1-19(2,3)26-18(25)22-20(4,5)16-10-8-14(9-11-16)17(24)15(12-21)13-23(6)7/h8-11,13H,1-7H3,(H,22,25)/b15-13-. The number of nitriles is 1. The van der Waals surface area contributed by atoms with Crippen molar-refractivity contribution in [3.8, 4) is 6.07 Å². The number of benzene rings is 1. The normalized spacial score (nSPS) is 12.2. The molecule has 1 rings (SSSR count). The summed E-state index contributed by atoms with van der Waals surface area (Å²) in [6, 6.07) is 8.74. The average Bonchev–Trinajstić information content (AvgIpc) is 2.49. The van der Waals surface area contributed by atoms with Gasteiger partial charge in [-0.3, -0.25) is 4.79 Å². The quantitative estimate of drug-likeness (QED) is 0.495. The fourth-order valence-corrected chi connectivity index (χ4v) is 2.22. The molecule has 140 valence electrons. The lowest BCUT2D eigenvalue weighted by atomic mass is 9.92. The summed E-state index contributed by atoms with van der Waals surface area (Å²) >= 11 is 0. The van der Waals surface area contributed by atoms with Crippen molar-refractivity contribution in [1.29, 1.82) is 5.26 Å². The molecule has 0 aliphatic heterocycles. The highest BCUT2D eigenvalue weighted by Crippen LogP contribution is 2.22. The van der Waals surface area contributed by atoms with Crippen LogP contribution in [0.5, 0.6) is 0 Å². The summed E-state index contributed by atoms with van der Waals surface area (Å²) in [4.78, 5) is 26.1. The van der Waals surface area contributed by atoms with E-state index in [1.807, 2.05) is 19.9 Å². The zero-order valence-electron chi connectivity index (χ0n) is 16.5. The van der Waals surface area contributed by atoms with Crippen LogP contribution < -0.4 is 5.32 Å². The number of rotatable bonds is 5. The summed E-state index contributed by atoms with van der Waals surface area (Å²) in [7, 11) is 3.50. The Hall–Kier alpha value is -2.81. The van der Waals surface area contributed by atoms with Crippen molar-refractivity contribution in [2.45, 2.75) is 45.8 Å². The Morgan fingerprint density at radius 2 is 1.65 bits per heavy atom. The summed E-state index contributed by atoms with van der Waals surface area (Å²) < 4.78 is 5.29. The van der Waals surface area contributed by atoms with Crippen LogP contribution in [-0.2, 0) is 10.3 Å². The number of alkyl carbamates (subject to hydrolysis) is 1. The Balaban J connectivity index is 2.97. The fourth-order valence-electron chi connectivity index (χ4n) is 2.22. The summed E-state index contributed by atoms with van der Waals surface area (Å²) in [5.74, 6) is -0.342. The van der Waals surface area contributed by atoms with Crippen LogP contribution in [0.4, 0.5) is 4.79 Å². The molecule has 0 bridgehead atoms. The lowest BCUT2D eigenvalue weighted by molar-refractivity contribution is 0.0470. The maximum Gasteiger partial charge on any atom is 0.408 e. The van der Waals surface area contributed by atoms with Crippen LogP contribution in [0, 0.1) is 11.3 Å². The van der Waals surface area contributed by atoms with Crippen LogP contribution >= 0.6 is 0 Å². The predicted octanol–water partition coefficient (Wildman–Crippen LogP) is 3.60. The van der Waals surface area contributed by atoms with Crippen molar-refractivity contribution < 1.29 is 14.3 Å². The third-order valence-corrected chi connectivity index (χ3v) is 3.43. The van der Waals surface area contributed by atoms with Gasteiger partial charge < -0.3 is 15.0 Å². The van der Waals surface area contributed by atoms with Gasteiger partial charge in [0.05, 0.1) is 5.54 Å². The Kier molecular flexibility index (Phi) is 6.57. The van der Waals surface area contributed by atoms with Gasteiger partial charge in [-0.15, -0.1) is 0 Å². The maximum absolute atomic E-state index is 12.4. The molecule has 1 amide bonds. The van der Waals surface area contributed by atoms with Gasteiger partial charge in [-0.25, -0.2) is 4.79 Å². The Morgan fingerprint density at radius 1 is 1.12 bits per heavy atom. The van der Waals surface area contributed by atoms with Crippen molar-refractivity contribution in [2.75, 3.05) is 14.1 Å². The van der Waals surface area contributed by atoms with E-state index in [9.17, 15) is 9.59 Å². The highest BCUT2D eigenvalue weighted by Gasteiger charge is 2.26. The van der Waals surface area contributed by atoms with Crippen LogP contribution in [-0.4, -0.2) is 36.5 Å². The van der Waals surface area contributed by atoms with Gasteiger partial charge in [0.15, 0.2) is 0 Å². The minimum absolute atomic E-state index is 0.0638. The summed E-state index contributed by atoms with van der Waals surface area (Å²) in [6.45, 7) is 9.09. The fraction of sp³-hybridized carbons (Fsp3) is 0.450. The number of Topliss-reactive ketones (excluding diaryl/α,β-unsaturated/α-hetero) is 1. The van der Waals surface area contributed by atoms with E-state index < -0.39 is 17.2 Å². The Bertz CT molecular complexity index is 733. The van der Waals surface area contributed by atoms with E-state index in [-0.39, 0.29) is 11.4 Å². The predicted molar refractivity (Wildman–Crippen MR) is 101 cm³/mol. The molecule has 0 unspecified atom stereocenters. The number of nitrogens with zero attached hydrogens (tertiary/aromatic N) is 2. The molecule has 0 atom stereocenters. The first-order valence-corrected chi connectivity index (χ1v) is 8.30. The molecule has 26 heavy (non-hydrogen) atoms. The number of carbonyl (C=O) groups excluding carboxylic acids is 2. The molecule has 6 heteroatoms. The molecule has 0 heterocycles. The first-order valence-electron chi connectivity index (χ1n) is 8.30. The number of hydrogen-bond donors (Lipinski definition) is 1. The van der Waals surface area contributed by atoms with Gasteiger partial charge in [0.1, 0.15) is 17.2 Å². The number of allylic oxidation sites excluding steroid dienone is 1. The van der Waals surface area contributed by atoms with Gasteiger partial charge in [-0.2, -0.15) is 5.26 Å². The maximum atomic E-state index is 12.4. The van der Waals surface area contributed by atoms with Crippen molar-refractivity contribution in [3.63, 3.8) is 0 Å². The van der Waals surface area contributed by atoms with E-state index in [0.29, 0.717) is 5.56 Å². The van der Waals surface area contributed by atoms with Gasteiger partial charge in [0, 0.05) is 25.9 Å². The molecule has 0 radical (unpaired) electrons. The zero-order valence-corrected chi connectivity index (χ0v) is 16.5. The minimum Gasteiger partial charge on any atom is -0.444 e. The molecule has 0 aromatic heterocycles. The minimum atomic E-state index is -0.679. The number of ether oxygens (including phenoxy) is 1. The van der Waals surface area contributed by atoms with Crippen LogP contribution in [0.25, 0.3) is 0 Å². The summed E-state index contributed by atoms with van der Waals surface area (Å²) in [5, 5.41) is 12.0. The van der Waals surface area contributed by atoms with Crippen LogP contribution in [0.2, 0.25) is 0 Å². The molecule has 0 saturated heterocycles. The number of carbonyl (C=O) groups is 2. The number of nitrogens with one attached hydrogen (secondary N) is 1. The van der Waals surface area contributed by atoms with E-state index in [4.69, 9.17) is 10.00 Å². The van der Waals surface area contributed by atoms with Gasteiger partial charge in [-0.1, -0.05) is 24.3 Å². The largest absolute Gasteiger partial charge is 0.444 e. The van der Waals surface area contributed by atoms with E-state index in [0.717, 1.165) is 5.56 Å². The smallest absolute Gasteiger partial charge is 0.408 e. The number of hydrogen-bond acceptors (Lipinski definition) is 5. The molecule has 1 aromatic rings. The molecule has 6 nitrogen and oxygen atoms in total. The monoisotopic (exact) mass is 357 g/mol. The molecule has 0 fully saturated rings. The molecule has 0 saturated carbocycles. The molecule has 0 spiro atoms. The van der Waals surface area contributed by atoms with E-state index in [1.165, 1.54) is 6.20 Å². The SMILES string of the molecule is CN(C)/C=C(/C#N)C(=O)c1ccc(C(C)(C)NC(=O)OC(C)(C)C)cc1. The van der Waals surface area contributed by atoms with E-state index in [2.05, 4.69) is 5.32 Å². The van der Waals surface area contributed by atoms with Crippen molar-refractivity contribution >= 4 is 11.9 Å². The molecule has 0 aliphatic rings. The molecule has 1 aromatic carbocycles. The Labute approximate surface area is 155 Å². The van der Waals surface area contributed by atoms with Crippen molar-refractivity contribution in [3.05, 3.63) is 47.2 Å². The highest BCUT2D eigenvalue weighted by atomic mass is 16.6. The first kappa shape index (κ1) is 21.2. The third-order valence-electron chi connectivity index (χ3n) is 3.43. The van der Waals surface area contributed by atoms with Gasteiger partial charge in [0.25, 0.3) is 0 Å². The van der Waals surface area contributed by atoms with Gasteiger partial charge in [-0.05, 0) is 40.2 Å². The molecule has 0 aliphatic carbocycles. The van der Waals surface area contributed by atoms with Crippen LogP contribution in [0.15, 0.2) is 36.0 Å². The second-order valence-electron chi connectivity index (χ2n) is 7.78. The molecular formula is C20H27N3O3. The number of amides is 1. The second-order valence-corrected chi connectivity index (χ2v) is 7.78. The molecular weight excluding hydrogens is 330 g/mol. The lowest BCUT2D eigenvalue weighted by Gasteiger charge is -2.29. The van der Waals surface area contributed by atoms with Crippen LogP contribution in [0.1, 0.15) is 50.5 Å². The molecule has 1 N–H and O–H groups in total. The number of ketones is 1. The Morgan fingerprint density at radius 3 is 2.08 bits per heavy atom. The summed E-state index contributed by atoms with van der Waals surface area (Å²) in [6.07, 6.45) is 0.980. The van der Waals surface area contributed by atoms with Crippen LogP contribution in [0.3, 0.4) is 0 Å². The first-order chi connectivity index (χ1) is 11.9. The van der Waals surface area contributed by atoms with E-state index in [1.54, 1.807) is 64.0 Å². The van der Waals surface area contributed by atoms with E-state index >= 15 is 0 Å². The van der Waals surface area contributed by atoms with Gasteiger partial charge in [0.2, 0.25) is 5.78 Å². The van der Waals surface area contributed by atoms with Crippen molar-refractivity contribution in [2.24, 2.45) is 0 Å².